The van der Waals surface area contributed by atoms with E-state index >= 15 is 0 Å². The normalized spacial score (nSPS) is 10.7. The van der Waals surface area contributed by atoms with Crippen LogP contribution >= 0.6 is 0 Å². The summed E-state index contributed by atoms with van der Waals surface area (Å²) in [6, 6.07) is 6.02. The van der Waals surface area contributed by atoms with E-state index in [1.54, 1.807) is 0 Å². The number of hydrogen-bond donors (Lipinski definition) is 1. The van der Waals surface area contributed by atoms with Gasteiger partial charge in [0.15, 0.2) is 0 Å². The van der Waals surface area contributed by atoms with Crippen LogP contribution in [-0.2, 0) is 11.3 Å². The van der Waals surface area contributed by atoms with Gasteiger partial charge in [-0.1, -0.05) is 32.0 Å². The van der Waals surface area contributed by atoms with Gasteiger partial charge >= 0.3 is 0 Å². The van der Waals surface area contributed by atoms with Crippen LogP contribution < -0.4 is 5.32 Å². The number of nitrogens with zero attached hydrogens (tertiary/aromatic N) is 4. The first-order valence-electron chi connectivity index (χ1n) is 6.18. The number of hydrogen-bond acceptors (Lipinski definition) is 4. The van der Waals surface area contributed by atoms with E-state index in [4.69, 9.17) is 0 Å². The number of para-hydroxylation sites is 1. The van der Waals surface area contributed by atoms with Crippen molar-refractivity contribution in [3.05, 3.63) is 35.7 Å². The van der Waals surface area contributed by atoms with Gasteiger partial charge < -0.3 is 5.32 Å². The van der Waals surface area contributed by atoms with Crippen LogP contribution in [0.2, 0.25) is 0 Å². The second kappa shape index (κ2) is 5.60. The fourth-order valence-electron chi connectivity index (χ4n) is 1.92. The van der Waals surface area contributed by atoms with Crippen molar-refractivity contribution in [2.75, 3.05) is 5.32 Å². The largest absolute Gasteiger partial charge is 0.324 e. The summed E-state index contributed by atoms with van der Waals surface area (Å²) < 4.78 is 1.39. The number of benzene rings is 1. The van der Waals surface area contributed by atoms with Gasteiger partial charge in [-0.2, -0.15) is 0 Å². The maximum absolute atomic E-state index is 12.0. The molecule has 6 heteroatoms. The topological polar surface area (TPSA) is 72.7 Å². The Balaban J connectivity index is 2.16. The van der Waals surface area contributed by atoms with Gasteiger partial charge in [0.25, 0.3) is 0 Å². The lowest BCUT2D eigenvalue weighted by Gasteiger charge is -2.16. The molecule has 1 amide bonds. The van der Waals surface area contributed by atoms with Gasteiger partial charge in [-0.25, -0.2) is 4.68 Å². The number of nitrogens with one attached hydrogen (secondary N) is 1. The van der Waals surface area contributed by atoms with E-state index in [0.29, 0.717) is 5.92 Å². The van der Waals surface area contributed by atoms with E-state index in [0.717, 1.165) is 16.8 Å². The van der Waals surface area contributed by atoms with Crippen LogP contribution in [0.3, 0.4) is 0 Å². The fourth-order valence-corrected chi connectivity index (χ4v) is 1.92. The average molecular weight is 259 g/mol. The van der Waals surface area contributed by atoms with Crippen molar-refractivity contribution in [1.82, 2.24) is 20.2 Å². The Morgan fingerprint density at radius 1 is 1.42 bits per heavy atom. The molecule has 0 atom stereocenters. The first kappa shape index (κ1) is 13.2. The molecule has 0 unspecified atom stereocenters. The molecule has 0 aliphatic carbocycles. The van der Waals surface area contributed by atoms with Crippen molar-refractivity contribution >= 4 is 11.6 Å². The van der Waals surface area contributed by atoms with Crippen molar-refractivity contribution in [2.45, 2.75) is 33.2 Å². The fraction of sp³-hybridized carbons (Fsp3) is 0.385. The third-order valence-corrected chi connectivity index (χ3v) is 2.89. The summed E-state index contributed by atoms with van der Waals surface area (Å²) >= 11 is 0. The zero-order valence-corrected chi connectivity index (χ0v) is 11.3. The van der Waals surface area contributed by atoms with Gasteiger partial charge in [0.2, 0.25) is 5.91 Å². The summed E-state index contributed by atoms with van der Waals surface area (Å²) in [5, 5.41) is 13.6. The molecule has 19 heavy (non-hydrogen) atoms. The molecule has 1 aromatic heterocycles. The smallest absolute Gasteiger partial charge is 0.246 e. The van der Waals surface area contributed by atoms with Crippen LogP contribution in [0.5, 0.6) is 0 Å². The first-order chi connectivity index (χ1) is 9.08. The third kappa shape index (κ3) is 3.15. The van der Waals surface area contributed by atoms with E-state index < -0.39 is 0 Å². The third-order valence-electron chi connectivity index (χ3n) is 2.89. The molecule has 0 aliphatic heterocycles. The standard InChI is InChI=1S/C13H17N5O/c1-9(2)11-6-4-5-10(3)13(11)15-12(19)7-18-8-14-16-17-18/h4-6,8-9H,7H2,1-3H3,(H,15,19). The van der Waals surface area contributed by atoms with Gasteiger partial charge in [-0.15, -0.1) is 5.10 Å². The summed E-state index contributed by atoms with van der Waals surface area (Å²) in [5.74, 6) is 0.215. The van der Waals surface area contributed by atoms with Crippen molar-refractivity contribution in [3.8, 4) is 0 Å². The zero-order valence-electron chi connectivity index (χ0n) is 11.3. The molecule has 2 rings (SSSR count). The van der Waals surface area contributed by atoms with E-state index in [-0.39, 0.29) is 12.5 Å². The highest BCUT2D eigenvalue weighted by atomic mass is 16.2. The summed E-state index contributed by atoms with van der Waals surface area (Å²) in [6.45, 7) is 6.30. The van der Waals surface area contributed by atoms with Crippen molar-refractivity contribution in [1.29, 1.82) is 0 Å². The van der Waals surface area contributed by atoms with E-state index in [2.05, 4.69) is 34.7 Å². The van der Waals surface area contributed by atoms with Gasteiger partial charge in [0.1, 0.15) is 12.9 Å². The summed E-state index contributed by atoms with van der Waals surface area (Å²) in [4.78, 5) is 12.0. The Bertz CT molecular complexity index is 562. The van der Waals surface area contributed by atoms with Crippen LogP contribution in [0.25, 0.3) is 0 Å². The van der Waals surface area contributed by atoms with E-state index in [1.807, 2.05) is 25.1 Å². The highest BCUT2D eigenvalue weighted by molar-refractivity contribution is 5.92. The predicted molar refractivity (Wildman–Crippen MR) is 71.7 cm³/mol. The monoisotopic (exact) mass is 259 g/mol. The summed E-state index contributed by atoms with van der Waals surface area (Å²) in [7, 11) is 0. The molecule has 1 N–H and O–H groups in total. The van der Waals surface area contributed by atoms with E-state index in [1.165, 1.54) is 11.0 Å². The number of aromatic nitrogens is 4. The number of carbonyl (C=O) groups excluding carboxylic acids is 1. The molecular weight excluding hydrogens is 242 g/mol. The zero-order chi connectivity index (χ0) is 13.8. The highest BCUT2D eigenvalue weighted by Gasteiger charge is 2.12. The second-order valence-electron chi connectivity index (χ2n) is 4.75. The van der Waals surface area contributed by atoms with Gasteiger partial charge in [-0.3, -0.25) is 4.79 Å². The molecule has 1 heterocycles. The molecule has 1 aromatic carbocycles. The molecule has 0 radical (unpaired) electrons. The second-order valence-corrected chi connectivity index (χ2v) is 4.75. The number of carbonyl (C=O) groups is 1. The summed E-state index contributed by atoms with van der Waals surface area (Å²) in [5.41, 5.74) is 3.07. The Kier molecular flexibility index (Phi) is 3.89. The maximum Gasteiger partial charge on any atom is 0.246 e. The number of tetrazole rings is 1. The van der Waals surface area contributed by atoms with Crippen LogP contribution in [0.4, 0.5) is 5.69 Å². The molecule has 0 saturated carbocycles. The predicted octanol–water partition coefficient (Wildman–Crippen LogP) is 1.74. The number of rotatable bonds is 4. The SMILES string of the molecule is Cc1cccc(C(C)C)c1NC(=O)Cn1cnnn1. The molecule has 2 aromatic rings. The number of aryl methyl sites for hydroxylation is 1. The van der Waals surface area contributed by atoms with Gasteiger partial charge in [0.05, 0.1) is 0 Å². The molecule has 0 aliphatic rings. The Labute approximate surface area is 111 Å². The van der Waals surface area contributed by atoms with Crippen molar-refractivity contribution in [3.63, 3.8) is 0 Å². The minimum Gasteiger partial charge on any atom is -0.324 e. The number of amides is 1. The molecule has 100 valence electrons. The Morgan fingerprint density at radius 3 is 2.84 bits per heavy atom. The molecule has 0 saturated heterocycles. The van der Waals surface area contributed by atoms with Crippen molar-refractivity contribution in [2.24, 2.45) is 0 Å². The van der Waals surface area contributed by atoms with Crippen LogP contribution in [-0.4, -0.2) is 26.1 Å². The number of anilines is 1. The summed E-state index contributed by atoms with van der Waals surface area (Å²) in [6.07, 6.45) is 1.42. The lowest BCUT2D eigenvalue weighted by molar-refractivity contribution is -0.116. The highest BCUT2D eigenvalue weighted by Crippen LogP contribution is 2.27. The Hall–Kier alpha value is -2.24. The van der Waals surface area contributed by atoms with Crippen LogP contribution in [0, 0.1) is 6.92 Å². The molecule has 0 fully saturated rings. The van der Waals surface area contributed by atoms with E-state index in [9.17, 15) is 4.79 Å². The minimum atomic E-state index is -0.136. The quantitative estimate of drug-likeness (QED) is 0.907. The molecule has 6 nitrogen and oxygen atoms in total. The minimum absolute atomic E-state index is 0.110. The molecule has 0 bridgehead atoms. The van der Waals surface area contributed by atoms with Gasteiger partial charge in [-0.05, 0) is 34.4 Å². The average Bonchev–Trinajstić information content (AvgIpc) is 2.84. The lowest BCUT2D eigenvalue weighted by atomic mass is 9.98. The lowest BCUT2D eigenvalue weighted by Crippen LogP contribution is -2.20. The molecule has 0 spiro atoms. The van der Waals surface area contributed by atoms with Crippen LogP contribution in [0.15, 0.2) is 24.5 Å². The Morgan fingerprint density at radius 2 is 2.21 bits per heavy atom. The first-order valence-corrected chi connectivity index (χ1v) is 6.18. The van der Waals surface area contributed by atoms with Crippen LogP contribution in [0.1, 0.15) is 30.9 Å². The molecular formula is C13H17N5O. The van der Waals surface area contributed by atoms with Gasteiger partial charge in [0, 0.05) is 5.69 Å². The van der Waals surface area contributed by atoms with Crippen molar-refractivity contribution < 1.29 is 4.79 Å². The maximum atomic E-state index is 12.0.